The molecule has 3 aromatic heterocycles. The molecule has 0 radical (unpaired) electrons. The molecule has 3 heterocycles. The van der Waals surface area contributed by atoms with Crippen LogP contribution in [-0.2, 0) is 0 Å². The smallest absolute Gasteiger partial charge is 0.170 e. The lowest BCUT2D eigenvalue weighted by Crippen LogP contribution is -1.95. The topological polar surface area (TPSA) is 76.2 Å². The summed E-state index contributed by atoms with van der Waals surface area (Å²) in [7, 11) is 0. The van der Waals surface area contributed by atoms with Gasteiger partial charge in [-0.2, -0.15) is 0 Å². The third-order valence-electron chi connectivity index (χ3n) is 4.62. The summed E-state index contributed by atoms with van der Waals surface area (Å²) < 4.78 is 12.8. The second kappa shape index (κ2) is 6.29. The molecule has 1 aliphatic rings. The Bertz CT molecular complexity index is 1110. The highest BCUT2D eigenvalue weighted by molar-refractivity contribution is 5.90. The number of hydrogen-bond acceptors (Lipinski definition) is 3. The van der Waals surface area contributed by atoms with E-state index >= 15 is 0 Å². The van der Waals surface area contributed by atoms with E-state index in [1.807, 2.05) is 24.5 Å². The minimum Gasteiger partial charge on any atom is -0.382 e. The number of nitrogens with two attached hydrogens (primary N) is 1. The molecule has 1 aliphatic carbocycles. The number of H-pyrrole nitrogens is 1. The third kappa shape index (κ3) is 2.83. The Labute approximate surface area is 149 Å². The Morgan fingerprint density at radius 1 is 1.27 bits per heavy atom. The highest BCUT2D eigenvalue weighted by atomic mass is 19.1. The predicted octanol–water partition coefficient (Wildman–Crippen LogP) is 4.30. The number of aromatic amines is 1. The Morgan fingerprint density at radius 2 is 2.04 bits per heavy atom. The number of alkyl halides is 1. The third-order valence-corrected chi connectivity index (χ3v) is 4.62. The first-order valence-electron chi connectivity index (χ1n) is 8.52. The van der Waals surface area contributed by atoms with Crippen LogP contribution >= 0.6 is 0 Å². The van der Waals surface area contributed by atoms with Gasteiger partial charge in [0.05, 0.1) is 0 Å². The number of carbonyl (C=O) groups excluding carboxylic acids is 1. The molecule has 4 aromatic rings. The molecule has 0 unspecified atom stereocenters. The van der Waals surface area contributed by atoms with Crippen LogP contribution in [0.3, 0.4) is 0 Å². The Balaban J connectivity index is 0.000000373. The van der Waals surface area contributed by atoms with Gasteiger partial charge >= 0.3 is 0 Å². The van der Waals surface area contributed by atoms with Crippen molar-refractivity contribution in [2.24, 2.45) is 0 Å². The Morgan fingerprint density at radius 3 is 2.73 bits per heavy atom. The summed E-state index contributed by atoms with van der Waals surface area (Å²) in [5.41, 5.74) is 11.3. The lowest BCUT2D eigenvalue weighted by molar-refractivity contribution is 0.111. The van der Waals surface area contributed by atoms with E-state index in [-0.39, 0.29) is 5.82 Å². The number of hydrogen-bond donors (Lipinski definition) is 2. The number of benzene rings is 1. The molecule has 0 aliphatic heterocycles. The average molecular weight is 350 g/mol. The van der Waals surface area contributed by atoms with Crippen molar-refractivity contribution in [3.63, 3.8) is 0 Å². The van der Waals surface area contributed by atoms with Crippen LogP contribution in [0.2, 0.25) is 0 Å². The van der Waals surface area contributed by atoms with Gasteiger partial charge in [0.25, 0.3) is 0 Å². The van der Waals surface area contributed by atoms with Crippen molar-refractivity contribution in [2.75, 3.05) is 5.73 Å². The number of nitrogens with zero attached hydrogens (tertiary/aromatic N) is 2. The van der Waals surface area contributed by atoms with E-state index in [1.165, 1.54) is 10.9 Å². The van der Waals surface area contributed by atoms with Crippen molar-refractivity contribution in [2.45, 2.75) is 25.9 Å². The zero-order chi connectivity index (χ0) is 18.3. The van der Waals surface area contributed by atoms with Crippen LogP contribution in [0, 0.1) is 6.92 Å². The number of halogens is 1. The number of aldehydes is 1. The fourth-order valence-corrected chi connectivity index (χ4v) is 3.02. The minimum atomic E-state index is -0.417. The molecule has 3 N–H and O–H groups in total. The van der Waals surface area contributed by atoms with Crippen LogP contribution in [0.4, 0.5) is 10.2 Å². The molecular formula is C20H19FN4O. The van der Waals surface area contributed by atoms with Crippen molar-refractivity contribution >= 4 is 28.7 Å². The number of anilines is 1. The van der Waals surface area contributed by atoms with Crippen LogP contribution in [0.5, 0.6) is 0 Å². The fourth-order valence-electron chi connectivity index (χ4n) is 3.02. The van der Waals surface area contributed by atoms with Crippen LogP contribution in [0.15, 0.2) is 42.7 Å². The summed E-state index contributed by atoms with van der Waals surface area (Å²) in [4.78, 5) is 18.6. The molecule has 0 saturated heterocycles. The van der Waals surface area contributed by atoms with Crippen molar-refractivity contribution in [1.29, 1.82) is 0 Å². The number of nitrogen functional groups attached to an aromatic ring is 1. The quantitative estimate of drug-likeness (QED) is 0.529. The summed E-state index contributed by atoms with van der Waals surface area (Å²) in [6, 6.07) is 10.1. The van der Waals surface area contributed by atoms with E-state index in [9.17, 15) is 9.18 Å². The van der Waals surface area contributed by atoms with Crippen molar-refractivity contribution < 1.29 is 9.18 Å². The molecule has 0 amide bonds. The molecule has 26 heavy (non-hydrogen) atoms. The number of nitrogens with one attached hydrogen (secondary N) is 1. The number of carbonyl (C=O) groups is 1. The lowest BCUT2D eigenvalue weighted by Gasteiger charge is -2.08. The number of aromatic nitrogens is 3. The molecule has 1 fully saturated rings. The Hall–Kier alpha value is -3.15. The minimum absolute atomic E-state index is 0.255. The van der Waals surface area contributed by atoms with Crippen LogP contribution < -0.4 is 5.73 Å². The maximum absolute atomic E-state index is 11.2. The molecule has 0 spiro atoms. The van der Waals surface area contributed by atoms with E-state index < -0.39 is 6.17 Å². The molecule has 0 bridgehead atoms. The van der Waals surface area contributed by atoms with Gasteiger partial charge in [-0.15, -0.1) is 0 Å². The number of pyridine rings is 1. The van der Waals surface area contributed by atoms with E-state index in [4.69, 9.17) is 5.73 Å². The van der Waals surface area contributed by atoms with E-state index in [0.29, 0.717) is 11.3 Å². The SMILES string of the molecule is Cc1c(-c2ccc3nc(N)c(C=O)n3c2)ccc2[nH]ccc12.FC1CC1. The predicted molar refractivity (Wildman–Crippen MR) is 101 cm³/mol. The zero-order valence-corrected chi connectivity index (χ0v) is 14.4. The van der Waals surface area contributed by atoms with Gasteiger partial charge in [-0.3, -0.25) is 9.20 Å². The molecule has 0 atom stereocenters. The summed E-state index contributed by atoms with van der Waals surface area (Å²) in [5, 5.41) is 1.19. The monoisotopic (exact) mass is 350 g/mol. The van der Waals surface area contributed by atoms with Gasteiger partial charge in [0.2, 0.25) is 0 Å². The van der Waals surface area contributed by atoms with E-state index in [1.54, 1.807) is 4.40 Å². The van der Waals surface area contributed by atoms with Crippen LogP contribution in [-0.4, -0.2) is 26.8 Å². The van der Waals surface area contributed by atoms with Gasteiger partial charge in [-0.25, -0.2) is 9.37 Å². The molecule has 5 rings (SSSR count). The Kier molecular flexibility index (Phi) is 3.95. The first kappa shape index (κ1) is 16.3. The van der Waals surface area contributed by atoms with Gasteiger partial charge in [-0.1, -0.05) is 6.07 Å². The largest absolute Gasteiger partial charge is 0.382 e. The molecule has 6 heteroatoms. The number of aryl methyl sites for hydroxylation is 1. The van der Waals surface area contributed by atoms with E-state index in [2.05, 4.69) is 35.1 Å². The first-order chi connectivity index (χ1) is 12.6. The normalized spacial score (nSPS) is 13.6. The van der Waals surface area contributed by atoms with Crippen LogP contribution in [0.1, 0.15) is 28.9 Å². The number of rotatable bonds is 2. The lowest BCUT2D eigenvalue weighted by atomic mass is 9.99. The van der Waals surface area contributed by atoms with Gasteiger partial charge in [0.15, 0.2) is 12.1 Å². The van der Waals surface area contributed by atoms with Gasteiger partial charge in [-0.05, 0) is 60.7 Å². The highest BCUT2D eigenvalue weighted by Gasteiger charge is 2.18. The summed E-state index contributed by atoms with van der Waals surface area (Å²) >= 11 is 0. The molecule has 1 aromatic carbocycles. The second-order valence-corrected chi connectivity index (χ2v) is 6.50. The maximum atomic E-state index is 11.2. The average Bonchev–Trinajstić information content (AvgIpc) is 3.15. The maximum Gasteiger partial charge on any atom is 0.170 e. The van der Waals surface area contributed by atoms with Gasteiger partial charge in [0.1, 0.15) is 17.5 Å². The number of imidazole rings is 1. The molecular weight excluding hydrogens is 331 g/mol. The summed E-state index contributed by atoms with van der Waals surface area (Å²) in [6.07, 6.45) is 5.80. The van der Waals surface area contributed by atoms with Gasteiger partial charge < -0.3 is 10.7 Å². The van der Waals surface area contributed by atoms with Crippen molar-refractivity contribution in [3.8, 4) is 11.1 Å². The van der Waals surface area contributed by atoms with Crippen LogP contribution in [0.25, 0.3) is 27.7 Å². The van der Waals surface area contributed by atoms with Gasteiger partial charge in [0, 0.05) is 23.3 Å². The fraction of sp³-hybridized carbons (Fsp3) is 0.200. The molecule has 5 nitrogen and oxygen atoms in total. The standard InChI is InChI=1S/C17H14N4O.C3H5F/c1-10-12(3-4-14-13(10)6-7-19-14)11-2-5-16-20-17(18)15(9-22)21(16)8-11;4-3-1-2-3/h2-9,19H,18H2,1H3;3H,1-2H2. The summed E-state index contributed by atoms with van der Waals surface area (Å²) in [5.74, 6) is 0.255. The van der Waals surface area contributed by atoms with Crippen molar-refractivity contribution in [3.05, 3.63) is 54.0 Å². The molecule has 1 saturated carbocycles. The summed E-state index contributed by atoms with van der Waals surface area (Å²) in [6.45, 7) is 2.10. The van der Waals surface area contributed by atoms with E-state index in [0.717, 1.165) is 35.8 Å². The number of fused-ring (bicyclic) bond motifs is 2. The van der Waals surface area contributed by atoms with Crippen molar-refractivity contribution in [1.82, 2.24) is 14.4 Å². The second-order valence-electron chi connectivity index (χ2n) is 6.50. The highest BCUT2D eigenvalue weighted by Crippen LogP contribution is 2.30. The zero-order valence-electron chi connectivity index (χ0n) is 14.4. The first-order valence-corrected chi connectivity index (χ1v) is 8.52. The molecule has 132 valence electrons.